The van der Waals surface area contributed by atoms with Crippen molar-refractivity contribution in [2.24, 2.45) is 0 Å². The highest BCUT2D eigenvalue weighted by atomic mass is 32.1. The Hall–Kier alpha value is -2.72. The van der Waals surface area contributed by atoms with Crippen LogP contribution in [-0.4, -0.2) is 86.3 Å². The van der Waals surface area contributed by atoms with Gasteiger partial charge in [0.2, 0.25) is 5.78 Å². The standard InChI is InChI=1S/C23H26N2O6S/c1-29-16-6-5-15(14-17(16)30-2)20-19(21(26)18-4-3-13-32-18)22(27)23(28)25(20)8-7-24-9-11-31-12-10-24/h3-6,13-14,22,27H,7-12H2,1-2H3. The van der Waals surface area contributed by atoms with Crippen molar-refractivity contribution in [3.8, 4) is 11.5 Å². The fraction of sp³-hybridized carbons (Fsp3) is 0.391. The number of rotatable bonds is 8. The summed E-state index contributed by atoms with van der Waals surface area (Å²) in [5.74, 6) is 0.164. The van der Waals surface area contributed by atoms with Gasteiger partial charge in [-0.2, -0.15) is 0 Å². The number of carbonyl (C=O) groups excluding carboxylic acids is 2. The summed E-state index contributed by atoms with van der Waals surface area (Å²) in [5, 5.41) is 12.6. The van der Waals surface area contributed by atoms with Crippen LogP contribution in [0.15, 0.2) is 41.3 Å². The van der Waals surface area contributed by atoms with Crippen LogP contribution < -0.4 is 9.47 Å². The molecule has 4 rings (SSSR count). The lowest BCUT2D eigenvalue weighted by Gasteiger charge is -2.29. The van der Waals surface area contributed by atoms with E-state index in [2.05, 4.69) is 4.90 Å². The van der Waals surface area contributed by atoms with E-state index in [1.165, 1.54) is 23.3 Å². The van der Waals surface area contributed by atoms with E-state index < -0.39 is 12.0 Å². The number of ketones is 1. The summed E-state index contributed by atoms with van der Waals surface area (Å²) >= 11 is 1.28. The van der Waals surface area contributed by atoms with E-state index in [1.54, 1.807) is 42.8 Å². The van der Waals surface area contributed by atoms with Gasteiger partial charge < -0.3 is 24.2 Å². The van der Waals surface area contributed by atoms with Crippen LogP contribution in [0.1, 0.15) is 15.2 Å². The molecule has 170 valence electrons. The largest absolute Gasteiger partial charge is 0.493 e. The van der Waals surface area contributed by atoms with Gasteiger partial charge in [-0.05, 0) is 29.6 Å². The molecule has 8 nitrogen and oxygen atoms in total. The number of morpholine rings is 1. The molecule has 2 aliphatic heterocycles. The molecule has 1 atom stereocenters. The third kappa shape index (κ3) is 4.29. The van der Waals surface area contributed by atoms with Gasteiger partial charge in [0, 0.05) is 31.7 Å². The lowest BCUT2D eigenvalue weighted by Crippen LogP contribution is -2.42. The molecule has 32 heavy (non-hydrogen) atoms. The molecule has 0 bridgehead atoms. The van der Waals surface area contributed by atoms with E-state index in [0.717, 1.165) is 13.1 Å². The average molecular weight is 459 g/mol. The minimum Gasteiger partial charge on any atom is -0.493 e. The predicted octanol–water partition coefficient (Wildman–Crippen LogP) is 1.89. The summed E-state index contributed by atoms with van der Waals surface area (Å²) in [6.45, 7) is 3.82. The van der Waals surface area contributed by atoms with Crippen molar-refractivity contribution in [1.82, 2.24) is 9.80 Å². The Balaban J connectivity index is 1.76. The van der Waals surface area contributed by atoms with Crippen LogP contribution in [0.5, 0.6) is 11.5 Å². The Morgan fingerprint density at radius 3 is 2.56 bits per heavy atom. The molecule has 9 heteroatoms. The van der Waals surface area contributed by atoms with Gasteiger partial charge >= 0.3 is 0 Å². The van der Waals surface area contributed by atoms with Gasteiger partial charge in [-0.25, -0.2) is 0 Å². The quantitative estimate of drug-likeness (QED) is 0.605. The monoisotopic (exact) mass is 458 g/mol. The van der Waals surface area contributed by atoms with Crippen molar-refractivity contribution in [3.05, 3.63) is 51.7 Å². The molecule has 1 amide bonds. The number of ether oxygens (including phenoxy) is 3. The van der Waals surface area contributed by atoms with Crippen LogP contribution in [0.3, 0.4) is 0 Å². The van der Waals surface area contributed by atoms with Crippen LogP contribution in [-0.2, 0) is 9.53 Å². The number of carbonyl (C=O) groups is 2. The summed E-state index contributed by atoms with van der Waals surface area (Å²) < 4.78 is 16.2. The zero-order chi connectivity index (χ0) is 22.7. The molecule has 1 aromatic carbocycles. The Labute approximate surface area is 190 Å². The van der Waals surface area contributed by atoms with Gasteiger partial charge in [0.15, 0.2) is 17.6 Å². The van der Waals surface area contributed by atoms with E-state index in [4.69, 9.17) is 14.2 Å². The first-order valence-corrected chi connectivity index (χ1v) is 11.3. The van der Waals surface area contributed by atoms with Gasteiger partial charge in [0.1, 0.15) is 0 Å². The van der Waals surface area contributed by atoms with Crippen LogP contribution in [0.2, 0.25) is 0 Å². The summed E-state index contributed by atoms with van der Waals surface area (Å²) in [5.41, 5.74) is 1.11. The SMILES string of the molecule is COc1ccc(C2=C(C(=O)c3cccs3)C(O)C(=O)N2CCN2CCOCC2)cc1OC. The maximum absolute atomic E-state index is 13.3. The van der Waals surface area contributed by atoms with E-state index >= 15 is 0 Å². The highest BCUT2D eigenvalue weighted by Crippen LogP contribution is 2.38. The first-order chi connectivity index (χ1) is 15.5. The number of aliphatic hydroxyl groups excluding tert-OH is 1. The number of nitrogens with zero attached hydrogens (tertiary/aromatic N) is 2. The highest BCUT2D eigenvalue weighted by molar-refractivity contribution is 7.12. The predicted molar refractivity (Wildman–Crippen MR) is 120 cm³/mol. The first kappa shape index (κ1) is 22.5. The number of hydrogen-bond donors (Lipinski definition) is 1. The molecule has 1 saturated heterocycles. The summed E-state index contributed by atoms with van der Waals surface area (Å²) in [6, 6.07) is 8.69. The first-order valence-electron chi connectivity index (χ1n) is 10.4. The fourth-order valence-corrected chi connectivity index (χ4v) is 4.69. The normalized spacial score (nSPS) is 19.5. The second-order valence-electron chi connectivity index (χ2n) is 7.48. The average Bonchev–Trinajstić information content (AvgIpc) is 3.45. The molecule has 2 aromatic rings. The van der Waals surface area contributed by atoms with Crippen LogP contribution in [0.4, 0.5) is 0 Å². The summed E-state index contributed by atoms with van der Waals surface area (Å²) in [6.07, 6.45) is -1.52. The molecular weight excluding hydrogens is 432 g/mol. The third-order valence-electron chi connectivity index (χ3n) is 5.69. The molecule has 0 saturated carbocycles. The Bertz CT molecular complexity index is 1010. The molecule has 2 aliphatic rings. The molecule has 3 heterocycles. The van der Waals surface area contributed by atoms with Crippen LogP contribution in [0.25, 0.3) is 5.70 Å². The third-order valence-corrected chi connectivity index (χ3v) is 6.56. The number of benzene rings is 1. The van der Waals surface area contributed by atoms with E-state index in [9.17, 15) is 14.7 Å². The minimum absolute atomic E-state index is 0.0895. The number of Topliss-reactive ketones (excluding diaryl/α,β-unsaturated/α-hetero) is 1. The summed E-state index contributed by atoms with van der Waals surface area (Å²) in [7, 11) is 3.07. The molecule has 1 aromatic heterocycles. The van der Waals surface area contributed by atoms with Crippen molar-refractivity contribution in [2.45, 2.75) is 6.10 Å². The molecular formula is C23H26N2O6S. The smallest absolute Gasteiger partial charge is 0.260 e. The molecule has 1 unspecified atom stereocenters. The van der Waals surface area contributed by atoms with Crippen molar-refractivity contribution < 1.29 is 28.9 Å². The van der Waals surface area contributed by atoms with Gasteiger partial charge in [-0.3, -0.25) is 14.5 Å². The van der Waals surface area contributed by atoms with Crippen molar-refractivity contribution in [3.63, 3.8) is 0 Å². The number of hydrogen-bond acceptors (Lipinski definition) is 8. The lowest BCUT2D eigenvalue weighted by atomic mass is 10.00. The maximum Gasteiger partial charge on any atom is 0.260 e. The molecule has 1 fully saturated rings. The van der Waals surface area contributed by atoms with E-state index in [1.807, 2.05) is 0 Å². The molecule has 1 N–H and O–H groups in total. The van der Waals surface area contributed by atoms with E-state index in [-0.39, 0.29) is 11.4 Å². The Morgan fingerprint density at radius 2 is 1.91 bits per heavy atom. The number of methoxy groups -OCH3 is 2. The molecule has 0 radical (unpaired) electrons. The second-order valence-corrected chi connectivity index (χ2v) is 8.43. The van der Waals surface area contributed by atoms with Crippen molar-refractivity contribution in [1.29, 1.82) is 0 Å². The zero-order valence-electron chi connectivity index (χ0n) is 18.1. The number of amides is 1. The minimum atomic E-state index is -1.52. The molecule has 0 aliphatic carbocycles. The van der Waals surface area contributed by atoms with Crippen molar-refractivity contribution in [2.75, 3.05) is 53.6 Å². The maximum atomic E-state index is 13.3. The topological polar surface area (TPSA) is 88.5 Å². The highest BCUT2D eigenvalue weighted by Gasteiger charge is 2.43. The molecule has 0 spiro atoms. The second kappa shape index (κ2) is 9.83. The van der Waals surface area contributed by atoms with E-state index in [0.29, 0.717) is 53.9 Å². The van der Waals surface area contributed by atoms with Crippen LogP contribution in [0, 0.1) is 0 Å². The van der Waals surface area contributed by atoms with Gasteiger partial charge in [0.25, 0.3) is 5.91 Å². The fourth-order valence-electron chi connectivity index (χ4n) is 4.01. The van der Waals surface area contributed by atoms with Gasteiger partial charge in [-0.1, -0.05) is 6.07 Å². The van der Waals surface area contributed by atoms with Gasteiger partial charge in [0.05, 0.1) is 43.6 Å². The lowest BCUT2D eigenvalue weighted by molar-refractivity contribution is -0.133. The number of aliphatic hydroxyl groups is 1. The Morgan fingerprint density at radius 1 is 1.16 bits per heavy atom. The van der Waals surface area contributed by atoms with Crippen molar-refractivity contribution >= 4 is 28.7 Å². The Kier molecular flexibility index (Phi) is 6.90. The van der Waals surface area contributed by atoms with Crippen LogP contribution >= 0.6 is 11.3 Å². The number of thiophene rings is 1. The van der Waals surface area contributed by atoms with Gasteiger partial charge in [-0.15, -0.1) is 11.3 Å². The summed E-state index contributed by atoms with van der Waals surface area (Å²) in [4.78, 5) is 30.6. The zero-order valence-corrected chi connectivity index (χ0v) is 18.9.